The lowest BCUT2D eigenvalue weighted by Crippen LogP contribution is -2.21. The number of aromatic nitrogens is 1. The van der Waals surface area contributed by atoms with Crippen LogP contribution in [0, 0.1) is 13.8 Å². The minimum Gasteiger partial charge on any atom is -0.494 e. The molecule has 21 heavy (non-hydrogen) atoms. The standard InChI is InChI=1S/C16H18N2O3/c1-4-21-12-5-6-14(10(2)7-12)18-16(20)13-9-17-11(3)8-15(13)19/h5-9H,4H2,1-3H3,(H,17,19)(H,18,20). The van der Waals surface area contributed by atoms with Gasteiger partial charge in [0.05, 0.1) is 6.61 Å². The molecule has 0 bridgehead atoms. The summed E-state index contributed by atoms with van der Waals surface area (Å²) in [7, 11) is 0. The van der Waals surface area contributed by atoms with Crippen molar-refractivity contribution in [2.24, 2.45) is 0 Å². The highest BCUT2D eigenvalue weighted by molar-refractivity contribution is 6.04. The Kier molecular flexibility index (Phi) is 4.42. The van der Waals surface area contributed by atoms with Gasteiger partial charge in [0, 0.05) is 23.6 Å². The van der Waals surface area contributed by atoms with Crippen molar-refractivity contribution in [2.75, 3.05) is 11.9 Å². The fourth-order valence-electron chi connectivity index (χ4n) is 1.97. The molecule has 2 aromatic rings. The molecule has 0 fully saturated rings. The molecule has 1 heterocycles. The van der Waals surface area contributed by atoms with Gasteiger partial charge in [0.25, 0.3) is 5.91 Å². The van der Waals surface area contributed by atoms with E-state index in [1.165, 1.54) is 12.3 Å². The number of ether oxygens (including phenoxy) is 1. The van der Waals surface area contributed by atoms with Crippen molar-refractivity contribution in [3.63, 3.8) is 0 Å². The first-order valence-electron chi connectivity index (χ1n) is 6.75. The number of aryl methyl sites for hydroxylation is 2. The molecule has 2 rings (SSSR count). The second-order valence-electron chi connectivity index (χ2n) is 4.76. The maximum atomic E-state index is 12.1. The summed E-state index contributed by atoms with van der Waals surface area (Å²) in [5.74, 6) is 0.324. The highest BCUT2D eigenvalue weighted by atomic mass is 16.5. The Morgan fingerprint density at radius 3 is 2.67 bits per heavy atom. The number of carbonyl (C=O) groups excluding carboxylic acids is 1. The van der Waals surface area contributed by atoms with Crippen LogP contribution in [-0.2, 0) is 0 Å². The average molecular weight is 286 g/mol. The van der Waals surface area contributed by atoms with Crippen LogP contribution in [0.5, 0.6) is 5.75 Å². The molecule has 0 radical (unpaired) electrons. The molecule has 2 N–H and O–H groups in total. The lowest BCUT2D eigenvalue weighted by atomic mass is 10.1. The summed E-state index contributed by atoms with van der Waals surface area (Å²) in [6.07, 6.45) is 1.43. The highest BCUT2D eigenvalue weighted by Crippen LogP contribution is 2.21. The summed E-state index contributed by atoms with van der Waals surface area (Å²) in [6, 6.07) is 6.80. The van der Waals surface area contributed by atoms with Crippen molar-refractivity contribution >= 4 is 11.6 Å². The summed E-state index contributed by atoms with van der Waals surface area (Å²) >= 11 is 0. The molecule has 0 atom stereocenters. The van der Waals surface area contributed by atoms with Gasteiger partial charge in [-0.25, -0.2) is 0 Å². The summed E-state index contributed by atoms with van der Waals surface area (Å²) in [6.45, 7) is 6.13. The number of H-pyrrole nitrogens is 1. The summed E-state index contributed by atoms with van der Waals surface area (Å²) < 4.78 is 5.40. The van der Waals surface area contributed by atoms with E-state index in [-0.39, 0.29) is 11.0 Å². The predicted octanol–water partition coefficient (Wildman–Crippen LogP) is 2.64. The number of hydrogen-bond donors (Lipinski definition) is 2. The van der Waals surface area contributed by atoms with E-state index in [1.54, 1.807) is 19.1 Å². The maximum absolute atomic E-state index is 12.1. The van der Waals surface area contributed by atoms with Crippen LogP contribution < -0.4 is 15.5 Å². The molecular formula is C16H18N2O3. The number of hydrogen-bond acceptors (Lipinski definition) is 3. The Bertz CT molecular complexity index is 720. The van der Waals surface area contributed by atoms with Crippen LogP contribution in [0.15, 0.2) is 35.3 Å². The monoisotopic (exact) mass is 286 g/mol. The van der Waals surface area contributed by atoms with Gasteiger partial charge in [0.15, 0.2) is 5.43 Å². The number of anilines is 1. The number of nitrogens with one attached hydrogen (secondary N) is 2. The number of rotatable bonds is 4. The summed E-state index contributed by atoms with van der Waals surface area (Å²) in [4.78, 5) is 26.8. The van der Waals surface area contributed by atoms with Gasteiger partial charge in [-0.15, -0.1) is 0 Å². The van der Waals surface area contributed by atoms with Gasteiger partial charge in [0.1, 0.15) is 11.3 Å². The van der Waals surface area contributed by atoms with Crippen LogP contribution in [0.1, 0.15) is 28.5 Å². The van der Waals surface area contributed by atoms with Crippen molar-refractivity contribution in [1.82, 2.24) is 4.98 Å². The molecule has 1 amide bonds. The minimum absolute atomic E-state index is 0.0916. The lowest BCUT2D eigenvalue weighted by molar-refractivity contribution is 0.102. The number of amides is 1. The van der Waals surface area contributed by atoms with Crippen molar-refractivity contribution in [1.29, 1.82) is 0 Å². The Labute approximate surface area is 123 Å². The molecule has 1 aromatic heterocycles. The lowest BCUT2D eigenvalue weighted by Gasteiger charge is -2.10. The Hall–Kier alpha value is -2.56. The van der Waals surface area contributed by atoms with Gasteiger partial charge in [-0.1, -0.05) is 0 Å². The number of benzene rings is 1. The second-order valence-corrected chi connectivity index (χ2v) is 4.76. The zero-order valence-electron chi connectivity index (χ0n) is 12.3. The largest absolute Gasteiger partial charge is 0.494 e. The first kappa shape index (κ1) is 14.8. The number of carbonyl (C=O) groups is 1. The molecule has 110 valence electrons. The number of aromatic amines is 1. The fourth-order valence-corrected chi connectivity index (χ4v) is 1.97. The highest BCUT2D eigenvalue weighted by Gasteiger charge is 2.12. The average Bonchev–Trinajstić information content (AvgIpc) is 2.42. The second kappa shape index (κ2) is 6.26. The van der Waals surface area contributed by atoms with E-state index in [4.69, 9.17) is 4.74 Å². The molecule has 0 unspecified atom stereocenters. The van der Waals surface area contributed by atoms with Gasteiger partial charge >= 0.3 is 0 Å². The molecular weight excluding hydrogens is 268 g/mol. The fraction of sp³-hybridized carbons (Fsp3) is 0.250. The molecule has 0 aliphatic carbocycles. The predicted molar refractivity (Wildman–Crippen MR) is 82.1 cm³/mol. The SMILES string of the molecule is CCOc1ccc(NC(=O)c2c[nH]c(C)cc2=O)c(C)c1. The smallest absolute Gasteiger partial charge is 0.261 e. The van der Waals surface area contributed by atoms with E-state index in [0.29, 0.717) is 18.0 Å². The summed E-state index contributed by atoms with van der Waals surface area (Å²) in [5.41, 5.74) is 2.04. The molecule has 1 aromatic carbocycles. The van der Waals surface area contributed by atoms with Gasteiger partial charge in [-0.3, -0.25) is 9.59 Å². The van der Waals surface area contributed by atoms with Gasteiger partial charge in [-0.2, -0.15) is 0 Å². The maximum Gasteiger partial charge on any atom is 0.261 e. The van der Waals surface area contributed by atoms with E-state index >= 15 is 0 Å². The van der Waals surface area contributed by atoms with E-state index in [0.717, 1.165) is 11.3 Å². The third kappa shape index (κ3) is 3.51. The van der Waals surface area contributed by atoms with Gasteiger partial charge in [0.2, 0.25) is 0 Å². The normalized spacial score (nSPS) is 10.2. The first-order chi connectivity index (χ1) is 10.0. The van der Waals surface area contributed by atoms with Gasteiger partial charge in [-0.05, 0) is 44.5 Å². The quantitative estimate of drug-likeness (QED) is 0.907. The van der Waals surface area contributed by atoms with Crippen molar-refractivity contribution in [3.05, 3.63) is 57.5 Å². The van der Waals surface area contributed by atoms with Crippen LogP contribution in [0.3, 0.4) is 0 Å². The Balaban J connectivity index is 2.21. The van der Waals surface area contributed by atoms with Crippen LogP contribution in [0.25, 0.3) is 0 Å². The van der Waals surface area contributed by atoms with Crippen molar-refractivity contribution in [2.45, 2.75) is 20.8 Å². The van der Waals surface area contributed by atoms with Crippen molar-refractivity contribution in [3.8, 4) is 5.75 Å². The molecule has 0 aliphatic heterocycles. The minimum atomic E-state index is -0.427. The third-order valence-electron chi connectivity index (χ3n) is 3.06. The topological polar surface area (TPSA) is 71.2 Å². The molecule has 0 saturated carbocycles. The van der Waals surface area contributed by atoms with E-state index in [2.05, 4.69) is 10.3 Å². The van der Waals surface area contributed by atoms with E-state index < -0.39 is 5.91 Å². The van der Waals surface area contributed by atoms with Crippen LogP contribution in [-0.4, -0.2) is 17.5 Å². The first-order valence-corrected chi connectivity index (χ1v) is 6.75. The zero-order valence-corrected chi connectivity index (χ0v) is 12.3. The molecule has 5 heteroatoms. The van der Waals surface area contributed by atoms with Crippen LogP contribution >= 0.6 is 0 Å². The zero-order chi connectivity index (χ0) is 15.4. The third-order valence-corrected chi connectivity index (χ3v) is 3.06. The Morgan fingerprint density at radius 1 is 1.29 bits per heavy atom. The molecule has 0 spiro atoms. The number of pyridine rings is 1. The molecule has 5 nitrogen and oxygen atoms in total. The van der Waals surface area contributed by atoms with Crippen LogP contribution in [0.2, 0.25) is 0 Å². The van der Waals surface area contributed by atoms with Gasteiger partial charge < -0.3 is 15.0 Å². The molecule has 0 saturated heterocycles. The summed E-state index contributed by atoms with van der Waals surface area (Å²) in [5, 5.41) is 2.74. The molecule has 0 aliphatic rings. The van der Waals surface area contributed by atoms with E-state index in [9.17, 15) is 9.59 Å². The Morgan fingerprint density at radius 2 is 2.05 bits per heavy atom. The van der Waals surface area contributed by atoms with Crippen LogP contribution in [0.4, 0.5) is 5.69 Å². The van der Waals surface area contributed by atoms with E-state index in [1.807, 2.05) is 19.9 Å². The van der Waals surface area contributed by atoms with Crippen molar-refractivity contribution < 1.29 is 9.53 Å².